The van der Waals surface area contributed by atoms with Gasteiger partial charge in [0.1, 0.15) is 0 Å². The van der Waals surface area contributed by atoms with Crippen LogP contribution in [0, 0.1) is 0 Å². The molecular formula is C5HCl2N3O. The van der Waals surface area contributed by atoms with Crippen molar-refractivity contribution in [3.05, 3.63) is 16.7 Å². The molecule has 0 amide bonds. The Morgan fingerprint density at radius 3 is 2.64 bits per heavy atom. The monoisotopic (exact) mass is 189 g/mol. The molecule has 0 N–H and O–H groups in total. The fourth-order valence-electron chi connectivity index (χ4n) is 0.720. The van der Waals surface area contributed by atoms with Crippen LogP contribution in [0.5, 0.6) is 0 Å². The maximum Gasteiger partial charge on any atom is 0.196 e. The van der Waals surface area contributed by atoms with Crippen LogP contribution in [0.1, 0.15) is 0 Å². The number of hydrogen-bond donors (Lipinski definition) is 0. The normalized spacial score (nSPS) is 10.7. The molecule has 0 fully saturated rings. The zero-order valence-corrected chi connectivity index (χ0v) is 6.60. The minimum Gasteiger partial charge on any atom is -0.440 e. The van der Waals surface area contributed by atoms with Gasteiger partial charge >= 0.3 is 0 Å². The molecule has 2 rings (SSSR count). The van der Waals surface area contributed by atoms with E-state index in [4.69, 9.17) is 27.6 Å². The van der Waals surface area contributed by atoms with Crippen molar-refractivity contribution in [3.63, 3.8) is 0 Å². The van der Waals surface area contributed by atoms with E-state index in [2.05, 4.69) is 15.2 Å². The predicted octanol–water partition coefficient (Wildman–Crippen LogP) is 1.92. The van der Waals surface area contributed by atoms with Gasteiger partial charge in [-0.15, -0.1) is 10.2 Å². The van der Waals surface area contributed by atoms with Crippen LogP contribution in [0.2, 0.25) is 10.3 Å². The predicted molar refractivity (Wildman–Crippen MR) is 39.6 cm³/mol. The molecule has 0 spiro atoms. The van der Waals surface area contributed by atoms with Gasteiger partial charge in [0.25, 0.3) is 0 Å². The quantitative estimate of drug-likeness (QED) is 0.636. The fraction of sp³-hybridized carbons (Fsp3) is 0. The molecule has 4 nitrogen and oxygen atoms in total. The van der Waals surface area contributed by atoms with Crippen LogP contribution in [0.25, 0.3) is 11.1 Å². The molecule has 11 heavy (non-hydrogen) atoms. The van der Waals surface area contributed by atoms with Gasteiger partial charge in [0.2, 0.25) is 0 Å². The SMILES string of the molecule is Clc1nnc(Cl)c2ocnc12. The molecule has 2 aromatic heterocycles. The van der Waals surface area contributed by atoms with Crippen LogP contribution in [0.15, 0.2) is 10.8 Å². The summed E-state index contributed by atoms with van der Waals surface area (Å²) in [6, 6.07) is 0. The summed E-state index contributed by atoms with van der Waals surface area (Å²) in [7, 11) is 0. The summed E-state index contributed by atoms with van der Waals surface area (Å²) in [6.45, 7) is 0. The number of aromatic nitrogens is 3. The number of hydrogen-bond acceptors (Lipinski definition) is 4. The third-order valence-corrected chi connectivity index (χ3v) is 1.68. The molecule has 0 radical (unpaired) electrons. The van der Waals surface area contributed by atoms with Crippen LogP contribution in [0.3, 0.4) is 0 Å². The molecule has 0 unspecified atom stereocenters. The van der Waals surface area contributed by atoms with E-state index < -0.39 is 0 Å². The molecule has 0 aliphatic rings. The molecule has 2 aromatic rings. The van der Waals surface area contributed by atoms with E-state index in [1.165, 1.54) is 6.39 Å². The van der Waals surface area contributed by atoms with Gasteiger partial charge in [0, 0.05) is 0 Å². The van der Waals surface area contributed by atoms with E-state index >= 15 is 0 Å². The van der Waals surface area contributed by atoms with Crippen molar-refractivity contribution in [1.29, 1.82) is 0 Å². The summed E-state index contributed by atoms with van der Waals surface area (Å²) in [4.78, 5) is 3.79. The van der Waals surface area contributed by atoms with Gasteiger partial charge in [-0.2, -0.15) is 0 Å². The molecule has 0 saturated carbocycles. The van der Waals surface area contributed by atoms with Crippen LogP contribution in [-0.4, -0.2) is 15.2 Å². The lowest BCUT2D eigenvalue weighted by atomic mass is 10.5. The molecule has 0 aromatic carbocycles. The number of oxazole rings is 1. The fourth-order valence-corrected chi connectivity index (χ4v) is 1.06. The highest BCUT2D eigenvalue weighted by Gasteiger charge is 2.09. The minimum atomic E-state index is 0.168. The van der Waals surface area contributed by atoms with Gasteiger partial charge in [-0.05, 0) is 0 Å². The van der Waals surface area contributed by atoms with Crippen molar-refractivity contribution in [1.82, 2.24) is 15.2 Å². The Labute approximate surface area is 71.1 Å². The maximum atomic E-state index is 5.62. The second-order valence-corrected chi connectivity index (χ2v) is 2.53. The second kappa shape index (κ2) is 2.32. The summed E-state index contributed by atoms with van der Waals surface area (Å²) >= 11 is 11.2. The Morgan fingerprint density at radius 2 is 1.91 bits per heavy atom. The van der Waals surface area contributed by atoms with E-state index in [1.54, 1.807) is 0 Å². The van der Waals surface area contributed by atoms with Gasteiger partial charge in [0.05, 0.1) is 0 Å². The standard InChI is InChI=1S/C5HCl2N3O/c6-4-2-3(11-1-8-2)5(7)10-9-4/h1H. The highest BCUT2D eigenvalue weighted by molar-refractivity contribution is 6.37. The smallest absolute Gasteiger partial charge is 0.196 e. The Balaban J connectivity index is 2.96. The van der Waals surface area contributed by atoms with Crippen LogP contribution >= 0.6 is 23.2 Å². The molecular weight excluding hydrogens is 189 g/mol. The number of halogens is 2. The van der Waals surface area contributed by atoms with Gasteiger partial charge in [-0.1, -0.05) is 23.2 Å². The Kier molecular flexibility index (Phi) is 1.44. The van der Waals surface area contributed by atoms with Gasteiger partial charge in [0.15, 0.2) is 27.8 Å². The summed E-state index contributed by atoms with van der Waals surface area (Å²) in [6.07, 6.45) is 1.24. The molecule has 0 aliphatic carbocycles. The molecule has 0 aliphatic heterocycles. The van der Waals surface area contributed by atoms with Crippen LogP contribution in [0.4, 0.5) is 0 Å². The van der Waals surface area contributed by atoms with E-state index in [-0.39, 0.29) is 10.3 Å². The van der Waals surface area contributed by atoms with Crippen molar-refractivity contribution < 1.29 is 4.42 Å². The number of fused-ring (bicyclic) bond motifs is 1. The van der Waals surface area contributed by atoms with Crippen LogP contribution in [-0.2, 0) is 0 Å². The lowest BCUT2D eigenvalue weighted by molar-refractivity contribution is 0.600. The van der Waals surface area contributed by atoms with E-state index in [9.17, 15) is 0 Å². The molecule has 0 saturated heterocycles. The topological polar surface area (TPSA) is 51.8 Å². The van der Waals surface area contributed by atoms with Gasteiger partial charge < -0.3 is 4.42 Å². The Morgan fingerprint density at radius 1 is 1.18 bits per heavy atom. The third kappa shape index (κ3) is 0.948. The first-order valence-electron chi connectivity index (χ1n) is 2.70. The van der Waals surface area contributed by atoms with Crippen molar-refractivity contribution >= 4 is 34.3 Å². The average Bonchev–Trinajstić information content (AvgIpc) is 2.45. The highest BCUT2D eigenvalue weighted by atomic mass is 35.5. The second-order valence-electron chi connectivity index (χ2n) is 1.81. The third-order valence-electron chi connectivity index (χ3n) is 1.18. The summed E-state index contributed by atoms with van der Waals surface area (Å²) < 4.78 is 4.90. The van der Waals surface area contributed by atoms with Crippen molar-refractivity contribution in [2.45, 2.75) is 0 Å². The molecule has 0 atom stereocenters. The highest BCUT2D eigenvalue weighted by Crippen LogP contribution is 2.23. The number of rotatable bonds is 0. The number of nitrogens with zero attached hydrogens (tertiary/aromatic N) is 3. The summed E-state index contributed by atoms with van der Waals surface area (Å²) in [5, 5.41) is 7.43. The summed E-state index contributed by atoms with van der Waals surface area (Å²) in [5.41, 5.74) is 0.804. The zero-order chi connectivity index (χ0) is 7.84. The first-order chi connectivity index (χ1) is 5.29. The lowest BCUT2D eigenvalue weighted by Gasteiger charge is -1.89. The first kappa shape index (κ1) is 6.82. The van der Waals surface area contributed by atoms with E-state index in [0.29, 0.717) is 11.1 Å². The average molecular weight is 190 g/mol. The Hall–Kier alpha value is -0.870. The van der Waals surface area contributed by atoms with Crippen LogP contribution < -0.4 is 0 Å². The molecule has 2 heterocycles. The lowest BCUT2D eigenvalue weighted by Crippen LogP contribution is -1.83. The minimum absolute atomic E-state index is 0.168. The molecule has 56 valence electrons. The molecule has 6 heteroatoms. The summed E-state index contributed by atoms with van der Waals surface area (Å²) in [5.74, 6) is 0. The van der Waals surface area contributed by atoms with Gasteiger partial charge in [-0.3, -0.25) is 0 Å². The van der Waals surface area contributed by atoms with Gasteiger partial charge in [-0.25, -0.2) is 4.98 Å². The van der Waals surface area contributed by atoms with Crippen molar-refractivity contribution in [2.75, 3.05) is 0 Å². The first-order valence-corrected chi connectivity index (χ1v) is 3.45. The van der Waals surface area contributed by atoms with Crippen molar-refractivity contribution in [2.24, 2.45) is 0 Å². The Bertz CT molecular complexity index is 364. The largest absolute Gasteiger partial charge is 0.440 e. The van der Waals surface area contributed by atoms with Crippen molar-refractivity contribution in [3.8, 4) is 0 Å². The maximum absolute atomic E-state index is 5.62. The molecule has 0 bridgehead atoms. The van der Waals surface area contributed by atoms with E-state index in [0.717, 1.165) is 0 Å². The van der Waals surface area contributed by atoms with E-state index in [1.807, 2.05) is 0 Å². The zero-order valence-electron chi connectivity index (χ0n) is 5.08.